The van der Waals surface area contributed by atoms with Crippen LogP contribution in [0.2, 0.25) is 0 Å². The molecule has 0 bridgehead atoms. The van der Waals surface area contributed by atoms with Crippen molar-refractivity contribution in [3.05, 3.63) is 84.1 Å². The van der Waals surface area contributed by atoms with Crippen LogP contribution >= 0.6 is 0 Å². The molecule has 1 aliphatic heterocycles. The third-order valence-corrected chi connectivity index (χ3v) is 12.2. The number of ether oxygens (including phenoxy) is 1. The van der Waals surface area contributed by atoms with E-state index in [1.165, 1.54) is 12.3 Å². The number of halogens is 3. The number of benzene rings is 2. The highest BCUT2D eigenvalue weighted by molar-refractivity contribution is 6.80. The second-order valence-corrected chi connectivity index (χ2v) is 18.8. The van der Waals surface area contributed by atoms with Crippen molar-refractivity contribution >= 4 is 43.3 Å². The quantitative estimate of drug-likeness (QED) is 0.183. The minimum Gasteiger partial charge on any atom is -0.436 e. The van der Waals surface area contributed by atoms with E-state index < -0.39 is 63.5 Å². The maximum atomic E-state index is 13.9. The largest absolute Gasteiger partial charge is 0.436 e. The monoisotopic (exact) mass is 780 g/mol. The fourth-order valence-corrected chi connectivity index (χ4v) is 8.86. The number of carbonyl (C=O) groups is 3. The summed E-state index contributed by atoms with van der Waals surface area (Å²) in [4.78, 5) is 45.5. The number of alkyl halides is 3. The van der Waals surface area contributed by atoms with Gasteiger partial charge in [0.1, 0.15) is 11.9 Å². The Balaban J connectivity index is 1.44. The number of hydrogen-bond acceptors (Lipinski definition) is 6. The summed E-state index contributed by atoms with van der Waals surface area (Å²) in [5.74, 6) is -0.188. The number of alkyl carbamates (subject to hydrolysis) is 1. The average Bonchev–Trinajstić information content (AvgIpc) is 3.51. The summed E-state index contributed by atoms with van der Waals surface area (Å²) in [6, 6.07) is 17.0. The smallest absolute Gasteiger partial charge is 0.410 e. The summed E-state index contributed by atoms with van der Waals surface area (Å²) in [5, 5.41) is 9.48. The summed E-state index contributed by atoms with van der Waals surface area (Å²) >= 11 is 0. The highest BCUT2D eigenvalue weighted by Crippen LogP contribution is 2.34. The molecule has 3 aromatic rings. The van der Waals surface area contributed by atoms with Gasteiger partial charge in [-0.2, -0.15) is 13.2 Å². The van der Waals surface area contributed by atoms with Gasteiger partial charge in [0.25, 0.3) is 14.9 Å². The van der Waals surface area contributed by atoms with Crippen molar-refractivity contribution in [2.75, 3.05) is 18.5 Å². The fourth-order valence-electron chi connectivity index (χ4n) is 6.91. The Morgan fingerprint density at radius 1 is 0.945 bits per heavy atom. The van der Waals surface area contributed by atoms with Crippen molar-refractivity contribution in [2.45, 2.75) is 109 Å². The molecule has 1 aliphatic carbocycles. The lowest BCUT2D eigenvalue weighted by atomic mass is 9.80. The number of aromatic nitrogens is 1. The number of amides is 4. The predicted molar refractivity (Wildman–Crippen MR) is 208 cm³/mol. The molecular weight excluding hydrogens is 728 g/mol. The van der Waals surface area contributed by atoms with E-state index >= 15 is 0 Å². The zero-order valence-electron chi connectivity index (χ0n) is 32.6. The van der Waals surface area contributed by atoms with E-state index in [9.17, 15) is 27.6 Å². The van der Waals surface area contributed by atoms with Gasteiger partial charge in [0.05, 0.1) is 19.2 Å². The summed E-state index contributed by atoms with van der Waals surface area (Å²) < 4.78 is 54.2. The van der Waals surface area contributed by atoms with E-state index in [0.717, 1.165) is 33.7 Å². The second kappa shape index (κ2) is 17.1. The molecule has 2 heterocycles. The van der Waals surface area contributed by atoms with Gasteiger partial charge in [0.2, 0.25) is 0 Å². The van der Waals surface area contributed by atoms with Gasteiger partial charge in [-0.25, -0.2) is 14.6 Å². The molecule has 10 nitrogen and oxygen atoms in total. The molecule has 0 spiro atoms. The SMILES string of the molecule is CC1CCC(C(OC(=O)NC(C)(C)C)C(=O)Nc2cc(C(CO[Si](c3ccccc3)c3ccc(C(C)(C)C)cc3)N3C[C@@H](C(F)(F)F)NC3=O)ccn2)CC1. The molecule has 1 saturated carbocycles. The van der Waals surface area contributed by atoms with Gasteiger partial charge in [0.15, 0.2) is 6.10 Å². The Bertz CT molecular complexity index is 1770. The van der Waals surface area contributed by atoms with Gasteiger partial charge >= 0.3 is 18.3 Å². The van der Waals surface area contributed by atoms with Crippen LogP contribution in [-0.2, 0) is 19.4 Å². The molecule has 1 saturated heterocycles. The minimum atomic E-state index is -4.66. The van der Waals surface area contributed by atoms with Gasteiger partial charge in [-0.15, -0.1) is 0 Å². The van der Waals surface area contributed by atoms with Crippen LogP contribution in [0, 0.1) is 11.8 Å². The fraction of sp³-hybridized carbons (Fsp3) is 0.512. The topological polar surface area (TPSA) is 122 Å². The molecule has 55 heavy (non-hydrogen) atoms. The molecule has 297 valence electrons. The van der Waals surface area contributed by atoms with Crippen LogP contribution in [0.3, 0.4) is 0 Å². The van der Waals surface area contributed by atoms with Crippen LogP contribution < -0.4 is 26.3 Å². The molecule has 1 radical (unpaired) electrons. The Morgan fingerprint density at radius 3 is 2.16 bits per heavy atom. The van der Waals surface area contributed by atoms with Gasteiger partial charge < -0.3 is 30.0 Å². The summed E-state index contributed by atoms with van der Waals surface area (Å²) in [6.45, 7) is 13.2. The summed E-state index contributed by atoms with van der Waals surface area (Å²) in [7, 11) is -1.95. The summed E-state index contributed by atoms with van der Waals surface area (Å²) in [6.07, 6.45) is -1.88. The van der Waals surface area contributed by atoms with Crippen molar-refractivity contribution in [3.8, 4) is 0 Å². The normalized spacial score (nSPS) is 20.5. The third-order valence-electron chi connectivity index (χ3n) is 10.0. The lowest BCUT2D eigenvalue weighted by Gasteiger charge is -2.32. The zero-order chi connectivity index (χ0) is 40.1. The first kappa shape index (κ1) is 41.7. The van der Waals surface area contributed by atoms with Crippen molar-refractivity contribution in [3.63, 3.8) is 0 Å². The molecule has 3 atom stereocenters. The highest BCUT2D eigenvalue weighted by atomic mass is 28.3. The van der Waals surface area contributed by atoms with Gasteiger partial charge in [-0.3, -0.25) is 4.79 Å². The number of hydrogen-bond donors (Lipinski definition) is 3. The second-order valence-electron chi connectivity index (χ2n) is 16.7. The van der Waals surface area contributed by atoms with Crippen LogP contribution in [0.25, 0.3) is 0 Å². The number of carbonyl (C=O) groups excluding carboxylic acids is 3. The van der Waals surface area contributed by atoms with Gasteiger partial charge in [0, 0.05) is 17.7 Å². The highest BCUT2D eigenvalue weighted by Gasteiger charge is 2.49. The van der Waals surface area contributed by atoms with Crippen LogP contribution in [0.5, 0.6) is 0 Å². The van der Waals surface area contributed by atoms with Crippen LogP contribution in [0.1, 0.15) is 91.3 Å². The number of anilines is 1. The Morgan fingerprint density at radius 2 is 1.58 bits per heavy atom. The molecule has 14 heteroatoms. The maximum Gasteiger partial charge on any atom is 0.410 e. The van der Waals surface area contributed by atoms with Gasteiger partial charge in [-0.05, 0) is 78.6 Å². The van der Waals surface area contributed by atoms with E-state index in [0.29, 0.717) is 24.3 Å². The number of pyridine rings is 1. The van der Waals surface area contributed by atoms with Crippen molar-refractivity contribution < 1.29 is 36.7 Å². The average molecular weight is 781 g/mol. The van der Waals surface area contributed by atoms with Crippen LogP contribution in [-0.4, -0.2) is 74.0 Å². The first-order valence-corrected chi connectivity index (χ1v) is 20.2. The number of nitrogens with one attached hydrogen (secondary N) is 3. The maximum absolute atomic E-state index is 13.9. The number of urea groups is 1. The van der Waals surface area contributed by atoms with E-state index in [1.54, 1.807) is 6.07 Å². The molecule has 2 fully saturated rings. The molecule has 1 aromatic heterocycles. The van der Waals surface area contributed by atoms with Crippen molar-refractivity contribution in [1.82, 2.24) is 20.5 Å². The zero-order valence-corrected chi connectivity index (χ0v) is 33.6. The van der Waals surface area contributed by atoms with E-state index in [1.807, 2.05) is 63.2 Å². The number of nitrogens with zero attached hydrogens (tertiary/aromatic N) is 2. The third kappa shape index (κ3) is 11.3. The first-order chi connectivity index (χ1) is 25.8. The molecule has 2 unspecified atom stereocenters. The molecule has 4 amide bonds. The Hall–Kier alpha value is -4.43. The van der Waals surface area contributed by atoms with E-state index in [-0.39, 0.29) is 23.8 Å². The number of rotatable bonds is 11. The molecule has 2 aromatic carbocycles. The van der Waals surface area contributed by atoms with E-state index in [4.69, 9.17) is 9.16 Å². The predicted octanol–water partition coefficient (Wildman–Crippen LogP) is 6.86. The Labute approximate surface area is 323 Å². The standard InChI is InChI=1S/C41H53F3N5O5Si/c1-26-13-15-27(16-14-26)35(54-38(52)48-40(5,6)7)36(50)47-34-23-28(21-22-45-34)32(49-24-33(41(42,43)44)46-37(49)51)25-53-55(30-11-9-8-10-12-30)31-19-17-29(18-20-31)39(2,3)4/h8-12,17-23,26-27,32-33,35H,13-16,24-25H2,1-7H3,(H,46,51)(H,48,52)(H,45,47,50)/t26?,27?,32?,33-,35?/m0/s1. The van der Waals surface area contributed by atoms with Crippen LogP contribution in [0.15, 0.2) is 72.9 Å². The van der Waals surface area contributed by atoms with Gasteiger partial charge in [-0.1, -0.05) is 95.1 Å². The minimum absolute atomic E-state index is 0.0727. The van der Waals surface area contributed by atoms with Crippen molar-refractivity contribution in [2.24, 2.45) is 11.8 Å². The van der Waals surface area contributed by atoms with Crippen LogP contribution in [0.4, 0.5) is 28.6 Å². The van der Waals surface area contributed by atoms with Crippen molar-refractivity contribution in [1.29, 1.82) is 0 Å². The lowest BCUT2D eigenvalue weighted by Crippen LogP contribution is -2.47. The van der Waals surface area contributed by atoms with E-state index in [2.05, 4.69) is 60.8 Å². The Kier molecular flexibility index (Phi) is 13.0. The first-order valence-electron chi connectivity index (χ1n) is 18.8. The molecular formula is C41H53F3N5O5Si. The summed E-state index contributed by atoms with van der Waals surface area (Å²) in [5.41, 5.74) is 0.894. The molecule has 2 aliphatic rings. The molecule has 3 N–H and O–H groups in total. The molecule has 5 rings (SSSR count). The lowest BCUT2D eigenvalue weighted by molar-refractivity contribution is -0.150.